The summed E-state index contributed by atoms with van der Waals surface area (Å²) in [6, 6.07) is 26.3. The van der Waals surface area contributed by atoms with Crippen molar-refractivity contribution in [3.05, 3.63) is 97.1 Å². The monoisotopic (exact) mass is 1110 g/mol. The molecule has 0 aliphatic rings. The Hall–Kier alpha value is -2.68. The molecule has 2 rings (SSSR count). The summed E-state index contributed by atoms with van der Waals surface area (Å²) in [5, 5.41) is 0. The molecule has 0 aliphatic carbocycles. The lowest BCUT2D eigenvalue weighted by atomic mass is 10.4. The van der Waals surface area contributed by atoms with Crippen molar-refractivity contribution in [3.63, 3.8) is 0 Å². The molecule has 0 bridgehead atoms. The number of benzene rings is 2. The quantitative estimate of drug-likeness (QED) is 0.0524. The van der Waals surface area contributed by atoms with E-state index in [0.717, 1.165) is 18.5 Å². The first-order valence-electron chi connectivity index (χ1n) is 20.3. The summed E-state index contributed by atoms with van der Waals surface area (Å²) in [5.41, 5.74) is 0.902. The Morgan fingerprint density at radius 1 is 0.472 bits per heavy atom. The van der Waals surface area contributed by atoms with Crippen LogP contribution in [0.15, 0.2) is 97.1 Å². The Labute approximate surface area is 455 Å². The van der Waals surface area contributed by atoms with E-state index in [9.17, 15) is 22.8 Å². The molecule has 0 aromatic heterocycles. The largest absolute Gasteiger partial charge is 0.463 e. The van der Waals surface area contributed by atoms with Gasteiger partial charge in [0, 0.05) is 31.3 Å². The van der Waals surface area contributed by atoms with Crippen LogP contribution in [0.3, 0.4) is 0 Å². The first-order chi connectivity index (χ1) is 27.4. The molecule has 0 saturated heterocycles. The van der Waals surface area contributed by atoms with Gasteiger partial charge in [-0.05, 0) is 97.6 Å². The summed E-state index contributed by atoms with van der Waals surface area (Å²) in [4.78, 5) is 20.8. The number of hydrogen-bond donors (Lipinski definition) is 0. The summed E-state index contributed by atoms with van der Waals surface area (Å²) >= 11 is 0. The standard InChI is InChI=1S/C19H45F3O5Si4.2C6H10O2.2C6H6.13CH4/c1-10-28(4,5)25-30(8,17-12-14-24-16-15-23-3)27-31(9,18-13-19(20,21)22)26-29(6,7)11-2;2*1-4-8-6(7)5(2)3;2*1-2-4-6-5-3-1;;;;;;;;;;;;;/h10-18H2,1-9H3;2*2,4H2,1,3H3;2*1-6H;13*1H4. The fourth-order valence-electron chi connectivity index (χ4n) is 4.40. The highest BCUT2D eigenvalue weighted by Gasteiger charge is 2.49. The van der Waals surface area contributed by atoms with Gasteiger partial charge in [-0.15, -0.1) is 0 Å². The van der Waals surface area contributed by atoms with E-state index in [4.69, 9.17) is 21.8 Å². The van der Waals surface area contributed by atoms with Gasteiger partial charge in [0.1, 0.15) is 0 Å². The maximum Gasteiger partial charge on any atom is 0.389 e. The summed E-state index contributed by atoms with van der Waals surface area (Å²) in [6.07, 6.45) is -4.38. The van der Waals surface area contributed by atoms with Crippen LogP contribution in [-0.4, -0.2) is 92.0 Å². The lowest BCUT2D eigenvalue weighted by Crippen LogP contribution is -2.59. The maximum atomic E-state index is 13.1. The molecule has 2 unspecified atom stereocenters. The fourth-order valence-corrected chi connectivity index (χ4v) is 22.8. The van der Waals surface area contributed by atoms with Crippen LogP contribution in [0.2, 0.25) is 63.5 Å². The minimum absolute atomic E-state index is 0. The van der Waals surface area contributed by atoms with Crippen LogP contribution in [0, 0.1) is 0 Å². The van der Waals surface area contributed by atoms with Crippen molar-refractivity contribution in [2.45, 2.75) is 221 Å². The molecule has 0 heterocycles. The molecule has 72 heavy (non-hydrogen) atoms. The van der Waals surface area contributed by atoms with Crippen molar-refractivity contribution in [1.29, 1.82) is 0 Å². The second-order valence-electron chi connectivity index (χ2n) is 14.9. The number of halogens is 3. The molecule has 9 nitrogen and oxygen atoms in total. The van der Waals surface area contributed by atoms with E-state index < -0.39 is 46.4 Å². The Morgan fingerprint density at radius 2 is 0.750 bits per heavy atom. The van der Waals surface area contributed by atoms with Crippen molar-refractivity contribution in [2.24, 2.45) is 0 Å². The molecule has 0 spiro atoms. The van der Waals surface area contributed by atoms with E-state index in [2.05, 4.69) is 42.6 Å². The zero-order valence-electron chi connectivity index (χ0n) is 38.4. The molecule has 2 atom stereocenters. The molecular formula is C56H129F3O9Si4. The van der Waals surface area contributed by atoms with E-state index in [1.165, 1.54) is 0 Å². The highest BCUT2D eigenvalue weighted by Crippen LogP contribution is 2.35. The molecule has 0 aliphatic heterocycles. The zero-order chi connectivity index (χ0) is 46.0. The number of carbonyl (C=O) groups is 2. The highest BCUT2D eigenvalue weighted by atomic mass is 28.5. The van der Waals surface area contributed by atoms with Crippen LogP contribution in [0.4, 0.5) is 13.2 Å². The van der Waals surface area contributed by atoms with Gasteiger partial charge in [-0.2, -0.15) is 13.2 Å². The minimum Gasteiger partial charge on any atom is -0.463 e. The fraction of sp³-hybridized carbons (Fsp3) is 0.679. The van der Waals surface area contributed by atoms with Crippen molar-refractivity contribution < 1.29 is 54.1 Å². The Morgan fingerprint density at radius 3 is 0.958 bits per heavy atom. The first kappa shape index (κ1) is 114. The molecule has 0 N–H and O–H groups in total. The molecule has 444 valence electrons. The average molecular weight is 1120 g/mol. The Balaban J connectivity index is -0.0000000453. The number of esters is 2. The van der Waals surface area contributed by atoms with Crippen molar-refractivity contribution in [1.82, 2.24) is 0 Å². The Kier molecular flexibility index (Phi) is 102. The lowest BCUT2D eigenvalue weighted by molar-refractivity contribution is -0.139. The van der Waals surface area contributed by atoms with Gasteiger partial charge in [-0.1, -0.05) is 196 Å². The SMILES string of the molecule is C.C.C.C.C.C.C.C.C.C.C.C.C.C=C(C)C(=O)OCC.C=C(C)C(=O)OCC.CC[Si](C)(C)O[Si](C)(CCCOCCOC)O[Si](C)(CCC(F)(F)F)O[Si](C)(C)CC.c1ccccc1.c1ccccc1. The van der Waals surface area contributed by atoms with E-state index in [1.807, 2.05) is 99.4 Å². The second kappa shape index (κ2) is 64.4. The van der Waals surface area contributed by atoms with E-state index in [0.29, 0.717) is 50.2 Å². The maximum absolute atomic E-state index is 13.1. The molecule has 2 aromatic carbocycles. The summed E-state index contributed by atoms with van der Waals surface area (Å²) in [6.45, 7) is 32.3. The van der Waals surface area contributed by atoms with Crippen LogP contribution in [0.25, 0.3) is 0 Å². The molecule has 16 heteroatoms. The minimum atomic E-state index is -4.23. The Bertz CT molecular complexity index is 1260. The van der Waals surface area contributed by atoms with E-state index in [1.54, 1.807) is 41.4 Å². The molecule has 0 radical (unpaired) electrons. The van der Waals surface area contributed by atoms with E-state index in [-0.39, 0.29) is 115 Å². The molecule has 0 amide bonds. The molecule has 0 saturated carbocycles. The van der Waals surface area contributed by atoms with Gasteiger partial charge < -0.3 is 31.3 Å². The molecular weight excluding hydrogens is 986 g/mol. The summed E-state index contributed by atoms with van der Waals surface area (Å²) in [7, 11) is -8.36. The van der Waals surface area contributed by atoms with Gasteiger partial charge >= 0.3 is 35.2 Å². The van der Waals surface area contributed by atoms with Gasteiger partial charge in [0.25, 0.3) is 0 Å². The van der Waals surface area contributed by atoms with Gasteiger partial charge in [-0.3, -0.25) is 0 Å². The van der Waals surface area contributed by atoms with Crippen LogP contribution in [-0.2, 0) is 40.9 Å². The number of alkyl halides is 3. The number of rotatable bonds is 21. The zero-order valence-corrected chi connectivity index (χ0v) is 42.4. The van der Waals surface area contributed by atoms with Gasteiger partial charge in [-0.25, -0.2) is 9.59 Å². The second-order valence-corrected chi connectivity index (χ2v) is 31.4. The molecule has 0 fully saturated rings. The van der Waals surface area contributed by atoms with Crippen LogP contribution in [0.5, 0.6) is 0 Å². The molecule has 2 aromatic rings. The van der Waals surface area contributed by atoms with Gasteiger partial charge in [0.15, 0.2) is 16.6 Å². The summed E-state index contributed by atoms with van der Waals surface area (Å²) < 4.78 is 78.7. The predicted molar refractivity (Wildman–Crippen MR) is 333 cm³/mol. The summed E-state index contributed by atoms with van der Waals surface area (Å²) in [5.74, 6) is -0.625. The van der Waals surface area contributed by atoms with Gasteiger partial charge in [0.05, 0.1) is 26.4 Å². The number of methoxy groups -OCH3 is 1. The van der Waals surface area contributed by atoms with Crippen molar-refractivity contribution >= 4 is 45.7 Å². The third-order valence-electron chi connectivity index (χ3n) is 7.91. The van der Waals surface area contributed by atoms with Crippen LogP contribution < -0.4 is 0 Å². The predicted octanol–water partition coefficient (Wildman–Crippen LogP) is 20.5. The van der Waals surface area contributed by atoms with Gasteiger partial charge in [0.2, 0.25) is 0 Å². The highest BCUT2D eigenvalue weighted by molar-refractivity contribution is 6.90. The first-order valence-corrected chi connectivity index (χ1v) is 31.5. The topological polar surface area (TPSA) is 98.8 Å². The third-order valence-corrected chi connectivity index (χ3v) is 25.1. The number of hydrogen-bond acceptors (Lipinski definition) is 9. The van der Waals surface area contributed by atoms with Crippen molar-refractivity contribution in [2.75, 3.05) is 40.1 Å². The number of ether oxygens (including phenoxy) is 4. The normalized spacial score (nSPS) is 10.7. The van der Waals surface area contributed by atoms with Crippen LogP contribution >= 0.6 is 0 Å². The third kappa shape index (κ3) is 73.8. The van der Waals surface area contributed by atoms with E-state index >= 15 is 0 Å². The smallest absolute Gasteiger partial charge is 0.389 e. The average Bonchev–Trinajstić information content (AvgIpc) is 3.17. The number of carbonyl (C=O) groups excluding carboxylic acids is 2. The van der Waals surface area contributed by atoms with Crippen molar-refractivity contribution in [3.8, 4) is 0 Å². The van der Waals surface area contributed by atoms with Crippen LogP contribution in [0.1, 0.15) is 151 Å². The lowest BCUT2D eigenvalue weighted by Gasteiger charge is -2.44.